The highest BCUT2D eigenvalue weighted by atomic mass is 19.1. The molecule has 1 aliphatic heterocycles. The fourth-order valence-electron chi connectivity index (χ4n) is 4.72. The van der Waals surface area contributed by atoms with Gasteiger partial charge in [-0.05, 0) is 67.9 Å². The van der Waals surface area contributed by atoms with E-state index in [9.17, 15) is 13.6 Å². The number of rotatable bonds is 7. The number of hydrogen-bond acceptors (Lipinski definition) is 5. The quantitative estimate of drug-likeness (QED) is 0.535. The lowest BCUT2D eigenvalue weighted by Crippen LogP contribution is -2.47. The zero-order valence-electron chi connectivity index (χ0n) is 19.4. The number of ether oxygens (including phenoxy) is 1. The highest BCUT2D eigenvalue weighted by Gasteiger charge is 2.42. The fraction of sp³-hybridized carbons (Fsp3) is 0.423. The number of hydrogen-bond donors (Lipinski definition) is 1. The van der Waals surface area contributed by atoms with Crippen LogP contribution in [0.25, 0.3) is 0 Å². The molecule has 0 bridgehead atoms. The Balaban J connectivity index is 0.00000289. The van der Waals surface area contributed by atoms with Crippen LogP contribution in [0.4, 0.5) is 20.2 Å². The van der Waals surface area contributed by atoms with Gasteiger partial charge in [-0.2, -0.15) is 5.10 Å². The number of methoxy groups -OCH3 is 1. The Kier molecular flexibility index (Phi) is 6.78. The molecule has 1 amide bonds. The van der Waals surface area contributed by atoms with E-state index in [-0.39, 0.29) is 31.7 Å². The number of likely N-dealkylation sites (N-methyl/N-ethyl adjacent to an activating group) is 1. The van der Waals surface area contributed by atoms with Crippen molar-refractivity contribution >= 4 is 17.3 Å². The molecule has 1 fully saturated rings. The molecule has 0 radical (unpaired) electrons. The van der Waals surface area contributed by atoms with E-state index < -0.39 is 11.6 Å². The summed E-state index contributed by atoms with van der Waals surface area (Å²) in [6, 6.07) is 4.46. The number of amides is 1. The van der Waals surface area contributed by atoms with Gasteiger partial charge in [0.05, 0.1) is 36.9 Å². The summed E-state index contributed by atoms with van der Waals surface area (Å²) < 4.78 is 34.3. The number of aryl methyl sites for hydroxylation is 3. The molecular weight excluding hydrogens is 452 g/mol. The van der Waals surface area contributed by atoms with Crippen molar-refractivity contribution in [1.29, 1.82) is 0 Å². The van der Waals surface area contributed by atoms with Crippen molar-refractivity contribution in [2.45, 2.75) is 52.6 Å². The van der Waals surface area contributed by atoms with Crippen LogP contribution >= 0.6 is 0 Å². The number of carbonyl (C=O) groups is 1. The first-order valence-electron chi connectivity index (χ1n) is 11.4. The standard InChI is InChI=1S/C25H27F2N5O2.CH4/c1-14-22-21(31(2)23(17-5-6-17)25(33)30-22)10-18(29-14)7-4-15-11-28-32(12-15)13-16-8-19(26)24(34-3)20(27)9-16;/h8-12,17,23H,4-7,13H2,1-3H3,(H,30,33);1H4/t23-;/m0./s1. The third-order valence-corrected chi connectivity index (χ3v) is 6.58. The molecule has 3 aromatic rings. The van der Waals surface area contributed by atoms with Crippen LogP contribution in [0.15, 0.2) is 30.6 Å². The van der Waals surface area contributed by atoms with E-state index in [1.165, 1.54) is 19.2 Å². The van der Waals surface area contributed by atoms with Crippen LogP contribution in [0.3, 0.4) is 0 Å². The molecule has 0 saturated heterocycles. The number of benzene rings is 1. The number of fused-ring (bicyclic) bond motifs is 1. The highest BCUT2D eigenvalue weighted by Crippen LogP contribution is 2.42. The molecular formula is C26H31F2N5O2. The minimum atomic E-state index is -0.733. The van der Waals surface area contributed by atoms with E-state index in [1.54, 1.807) is 10.9 Å². The van der Waals surface area contributed by atoms with Gasteiger partial charge in [0.2, 0.25) is 5.91 Å². The van der Waals surface area contributed by atoms with Crippen molar-refractivity contribution in [2.24, 2.45) is 5.92 Å². The van der Waals surface area contributed by atoms with Gasteiger partial charge in [-0.1, -0.05) is 7.43 Å². The Morgan fingerprint density at radius 1 is 1.14 bits per heavy atom. The summed E-state index contributed by atoms with van der Waals surface area (Å²) in [7, 11) is 3.22. The summed E-state index contributed by atoms with van der Waals surface area (Å²) in [4.78, 5) is 19.4. The lowest BCUT2D eigenvalue weighted by atomic mass is 10.0. The van der Waals surface area contributed by atoms with Crippen LogP contribution in [0.1, 0.15) is 42.8 Å². The van der Waals surface area contributed by atoms with E-state index in [4.69, 9.17) is 9.72 Å². The van der Waals surface area contributed by atoms with E-state index in [0.717, 1.165) is 47.6 Å². The topological polar surface area (TPSA) is 72.3 Å². The monoisotopic (exact) mass is 483 g/mol. The predicted molar refractivity (Wildman–Crippen MR) is 131 cm³/mol. The maximum Gasteiger partial charge on any atom is 0.247 e. The van der Waals surface area contributed by atoms with Crippen LogP contribution in [0.5, 0.6) is 5.75 Å². The molecule has 2 aromatic heterocycles. The van der Waals surface area contributed by atoms with Gasteiger partial charge in [-0.15, -0.1) is 0 Å². The van der Waals surface area contributed by atoms with Crippen LogP contribution in [0, 0.1) is 24.5 Å². The summed E-state index contributed by atoms with van der Waals surface area (Å²) in [5.74, 6) is -1.37. The fourth-order valence-corrected chi connectivity index (χ4v) is 4.72. The van der Waals surface area contributed by atoms with Crippen molar-refractivity contribution in [2.75, 3.05) is 24.4 Å². The predicted octanol–water partition coefficient (Wildman–Crippen LogP) is 4.51. The van der Waals surface area contributed by atoms with Gasteiger partial charge in [0, 0.05) is 18.9 Å². The minimum absolute atomic E-state index is 0. The summed E-state index contributed by atoms with van der Waals surface area (Å²) >= 11 is 0. The molecule has 1 N–H and O–H groups in total. The van der Waals surface area contributed by atoms with Crippen LogP contribution in [0.2, 0.25) is 0 Å². The zero-order chi connectivity index (χ0) is 24.0. The van der Waals surface area contributed by atoms with Gasteiger partial charge in [0.15, 0.2) is 17.4 Å². The van der Waals surface area contributed by atoms with Crippen LogP contribution in [-0.4, -0.2) is 40.9 Å². The van der Waals surface area contributed by atoms with Crippen LogP contribution in [-0.2, 0) is 24.2 Å². The molecule has 1 saturated carbocycles. The third-order valence-electron chi connectivity index (χ3n) is 6.58. The second-order valence-corrected chi connectivity index (χ2v) is 9.11. The Labute approximate surface area is 204 Å². The van der Waals surface area contributed by atoms with E-state index in [0.29, 0.717) is 17.9 Å². The Hall–Kier alpha value is -3.49. The van der Waals surface area contributed by atoms with E-state index >= 15 is 0 Å². The average Bonchev–Trinajstić information content (AvgIpc) is 3.51. The van der Waals surface area contributed by atoms with Crippen molar-refractivity contribution in [3.05, 3.63) is 64.7 Å². The first kappa shape index (κ1) is 24.6. The average molecular weight is 484 g/mol. The van der Waals surface area contributed by atoms with Gasteiger partial charge in [0.25, 0.3) is 0 Å². The second-order valence-electron chi connectivity index (χ2n) is 9.11. The second kappa shape index (κ2) is 9.64. The molecule has 0 spiro atoms. The van der Waals surface area contributed by atoms with Crippen molar-refractivity contribution < 1.29 is 18.3 Å². The molecule has 3 heterocycles. The van der Waals surface area contributed by atoms with Gasteiger partial charge in [-0.3, -0.25) is 14.5 Å². The van der Waals surface area contributed by atoms with E-state index in [1.807, 2.05) is 20.2 Å². The highest BCUT2D eigenvalue weighted by molar-refractivity contribution is 6.04. The summed E-state index contributed by atoms with van der Waals surface area (Å²) in [5, 5.41) is 7.39. The Bertz CT molecular complexity index is 1230. The number of halogens is 2. The van der Waals surface area contributed by atoms with E-state index in [2.05, 4.69) is 21.4 Å². The maximum absolute atomic E-state index is 14.0. The molecule has 9 heteroatoms. The number of aromatic nitrogens is 3. The molecule has 0 unspecified atom stereocenters. The first-order chi connectivity index (χ1) is 16.3. The van der Waals surface area contributed by atoms with Crippen molar-refractivity contribution in [3.63, 3.8) is 0 Å². The Morgan fingerprint density at radius 3 is 2.51 bits per heavy atom. The summed E-state index contributed by atoms with van der Waals surface area (Å²) in [6.45, 7) is 2.17. The Morgan fingerprint density at radius 2 is 1.86 bits per heavy atom. The van der Waals surface area contributed by atoms with Gasteiger partial charge >= 0.3 is 0 Å². The number of carbonyl (C=O) groups excluding carboxylic acids is 1. The normalized spacial score (nSPS) is 17.0. The number of anilines is 2. The molecule has 7 nitrogen and oxygen atoms in total. The molecule has 35 heavy (non-hydrogen) atoms. The maximum atomic E-state index is 14.0. The van der Waals surface area contributed by atoms with Crippen LogP contribution < -0.4 is 15.0 Å². The lowest BCUT2D eigenvalue weighted by molar-refractivity contribution is -0.118. The third kappa shape index (κ3) is 4.85. The van der Waals surface area contributed by atoms with Gasteiger partial charge in [0.1, 0.15) is 6.04 Å². The SMILES string of the molecule is C.COc1c(F)cc(Cn2cc(CCc3cc4c(c(C)n3)NC(=O)[C@H](C3CC3)N4C)cn2)cc1F. The summed E-state index contributed by atoms with van der Waals surface area (Å²) in [5.41, 5.74) is 5.03. The lowest BCUT2D eigenvalue weighted by Gasteiger charge is -2.36. The zero-order valence-corrected chi connectivity index (χ0v) is 19.4. The first-order valence-corrected chi connectivity index (χ1v) is 11.4. The minimum Gasteiger partial charge on any atom is -0.491 e. The number of nitrogens with one attached hydrogen (secondary N) is 1. The largest absolute Gasteiger partial charge is 0.491 e. The van der Waals surface area contributed by atoms with Gasteiger partial charge < -0.3 is 15.0 Å². The smallest absolute Gasteiger partial charge is 0.247 e. The van der Waals surface area contributed by atoms with Crippen molar-refractivity contribution in [1.82, 2.24) is 14.8 Å². The molecule has 1 aliphatic carbocycles. The number of nitrogens with zero attached hydrogens (tertiary/aromatic N) is 4. The van der Waals surface area contributed by atoms with Crippen molar-refractivity contribution in [3.8, 4) is 5.75 Å². The molecule has 186 valence electrons. The number of pyridine rings is 1. The van der Waals surface area contributed by atoms with Gasteiger partial charge in [-0.25, -0.2) is 8.78 Å². The molecule has 2 aliphatic rings. The molecule has 5 rings (SSSR count). The molecule has 1 atom stereocenters. The summed E-state index contributed by atoms with van der Waals surface area (Å²) in [6.07, 6.45) is 7.25. The molecule has 1 aromatic carbocycles.